The van der Waals surface area contributed by atoms with Crippen LogP contribution in [-0.2, 0) is 13.0 Å². The van der Waals surface area contributed by atoms with Crippen LogP contribution < -0.4 is 10.6 Å². The van der Waals surface area contributed by atoms with E-state index in [0.29, 0.717) is 12.1 Å². The maximum Gasteiger partial charge on any atom is 0.191 e. The molecule has 2 fully saturated rings. The Morgan fingerprint density at radius 1 is 1.08 bits per heavy atom. The van der Waals surface area contributed by atoms with Gasteiger partial charge in [-0.2, -0.15) is 0 Å². The van der Waals surface area contributed by atoms with Gasteiger partial charge in [-0.25, -0.2) is 0 Å². The van der Waals surface area contributed by atoms with Crippen LogP contribution in [0.3, 0.4) is 0 Å². The first kappa shape index (κ1) is 20.5. The van der Waals surface area contributed by atoms with Gasteiger partial charge in [-0.3, -0.25) is 4.99 Å². The number of aromatic nitrogens is 3. The van der Waals surface area contributed by atoms with Crippen LogP contribution >= 0.6 is 24.0 Å². The minimum Gasteiger partial charge on any atom is -0.354 e. The van der Waals surface area contributed by atoms with Gasteiger partial charge in [0.2, 0.25) is 0 Å². The number of halogens is 1. The molecule has 0 amide bonds. The lowest BCUT2D eigenvalue weighted by Gasteiger charge is -2.26. The van der Waals surface area contributed by atoms with Crippen LogP contribution in [0, 0.1) is 0 Å². The summed E-state index contributed by atoms with van der Waals surface area (Å²) in [4.78, 5) is 4.85. The largest absolute Gasteiger partial charge is 0.354 e. The Bertz CT molecular complexity index is 517. The molecule has 2 saturated carbocycles. The van der Waals surface area contributed by atoms with Crippen molar-refractivity contribution < 1.29 is 0 Å². The number of hydrogen-bond acceptors (Lipinski definition) is 3. The summed E-state index contributed by atoms with van der Waals surface area (Å²) in [6.45, 7) is 3.72. The number of rotatable bonds is 6. The Kier molecular flexibility index (Phi) is 8.98. The number of aryl methyl sites for hydroxylation is 1. The molecule has 0 radical (unpaired) electrons. The Morgan fingerprint density at radius 2 is 1.68 bits per heavy atom. The smallest absolute Gasteiger partial charge is 0.191 e. The molecule has 0 bridgehead atoms. The zero-order valence-corrected chi connectivity index (χ0v) is 17.7. The number of hydrogen-bond donors (Lipinski definition) is 2. The minimum absolute atomic E-state index is 0. The predicted octanol–water partition coefficient (Wildman–Crippen LogP) is 3.27. The van der Waals surface area contributed by atoms with Crippen LogP contribution in [0.4, 0.5) is 0 Å². The molecule has 0 spiro atoms. The van der Waals surface area contributed by atoms with E-state index in [2.05, 4.69) is 32.3 Å². The van der Waals surface area contributed by atoms with Crippen LogP contribution in [0.25, 0.3) is 0 Å². The second-order valence-corrected chi connectivity index (χ2v) is 7.13. The predicted molar refractivity (Wildman–Crippen MR) is 113 cm³/mol. The number of nitrogens with zero attached hydrogens (tertiary/aromatic N) is 4. The molecule has 0 atom stereocenters. The van der Waals surface area contributed by atoms with E-state index in [1.165, 1.54) is 57.8 Å². The summed E-state index contributed by atoms with van der Waals surface area (Å²) in [6.07, 6.45) is 14.6. The van der Waals surface area contributed by atoms with Gasteiger partial charge in [0.15, 0.2) is 5.96 Å². The maximum atomic E-state index is 4.85. The van der Waals surface area contributed by atoms with Crippen molar-refractivity contribution in [2.45, 2.75) is 89.8 Å². The monoisotopic (exact) mass is 460 g/mol. The van der Waals surface area contributed by atoms with Gasteiger partial charge in [0.25, 0.3) is 0 Å². The van der Waals surface area contributed by atoms with Crippen molar-refractivity contribution >= 4 is 29.9 Å². The van der Waals surface area contributed by atoms with Crippen LogP contribution in [0.1, 0.15) is 70.5 Å². The van der Waals surface area contributed by atoms with E-state index in [1.807, 2.05) is 6.33 Å². The average molecular weight is 460 g/mol. The van der Waals surface area contributed by atoms with Gasteiger partial charge in [-0.15, -0.1) is 34.2 Å². The molecule has 2 N–H and O–H groups in total. The van der Waals surface area contributed by atoms with E-state index in [9.17, 15) is 0 Å². The lowest BCUT2D eigenvalue weighted by atomic mass is 9.96. The molecule has 7 heteroatoms. The molecule has 6 nitrogen and oxygen atoms in total. The van der Waals surface area contributed by atoms with Crippen LogP contribution in [0.2, 0.25) is 0 Å². The molecule has 2 aliphatic carbocycles. The summed E-state index contributed by atoms with van der Waals surface area (Å²) < 4.78 is 2.11. The fourth-order valence-electron chi connectivity index (χ4n) is 3.85. The lowest BCUT2D eigenvalue weighted by molar-refractivity contribution is 0.407. The topological polar surface area (TPSA) is 67.1 Å². The highest BCUT2D eigenvalue weighted by Gasteiger charge is 2.19. The first-order valence-electron chi connectivity index (χ1n) is 9.79. The van der Waals surface area contributed by atoms with Crippen LogP contribution in [-0.4, -0.2) is 39.4 Å². The molecule has 0 saturated heterocycles. The van der Waals surface area contributed by atoms with Crippen molar-refractivity contribution in [1.82, 2.24) is 25.4 Å². The van der Waals surface area contributed by atoms with Crippen molar-refractivity contribution in [2.24, 2.45) is 4.99 Å². The minimum atomic E-state index is 0. The normalized spacial score (nSPS) is 19.6. The second kappa shape index (κ2) is 11.0. The number of guanidine groups is 1. The van der Waals surface area contributed by atoms with E-state index >= 15 is 0 Å². The van der Waals surface area contributed by atoms with Gasteiger partial charge in [-0.1, -0.05) is 39.0 Å². The Hall–Kier alpha value is -0.860. The van der Waals surface area contributed by atoms with E-state index in [1.54, 1.807) is 0 Å². The molecule has 0 unspecified atom stereocenters. The summed E-state index contributed by atoms with van der Waals surface area (Å²) in [5.41, 5.74) is 0. The zero-order valence-electron chi connectivity index (χ0n) is 15.4. The van der Waals surface area contributed by atoms with Gasteiger partial charge in [0.05, 0.1) is 6.54 Å². The maximum absolute atomic E-state index is 4.85. The van der Waals surface area contributed by atoms with Gasteiger partial charge in [-0.05, 0) is 25.7 Å². The second-order valence-electron chi connectivity index (χ2n) is 7.13. The molecule has 1 heterocycles. The Labute approximate surface area is 168 Å². The Morgan fingerprint density at radius 3 is 2.28 bits per heavy atom. The fourth-order valence-corrected chi connectivity index (χ4v) is 3.85. The number of aliphatic imine (C=N–C) groups is 1. The molecular formula is C18H33IN6. The lowest BCUT2D eigenvalue weighted by Crippen LogP contribution is -2.47. The molecule has 0 aromatic carbocycles. The molecule has 1 aromatic rings. The van der Waals surface area contributed by atoms with Crippen molar-refractivity contribution in [3.05, 3.63) is 12.2 Å². The molecule has 25 heavy (non-hydrogen) atoms. The van der Waals surface area contributed by atoms with Crippen molar-refractivity contribution in [2.75, 3.05) is 6.54 Å². The third-order valence-corrected chi connectivity index (χ3v) is 5.26. The number of nitrogens with one attached hydrogen (secondary N) is 2. The van der Waals surface area contributed by atoms with Crippen LogP contribution in [0.5, 0.6) is 0 Å². The van der Waals surface area contributed by atoms with Gasteiger partial charge >= 0.3 is 0 Å². The average Bonchev–Trinajstić information content (AvgIpc) is 3.27. The summed E-state index contributed by atoms with van der Waals surface area (Å²) in [5.74, 6) is 2.05. The van der Waals surface area contributed by atoms with E-state index in [4.69, 9.17) is 4.99 Å². The molecular weight excluding hydrogens is 427 g/mol. The first-order valence-corrected chi connectivity index (χ1v) is 9.79. The SMILES string of the molecule is CCc1nncn1CCN=C(NC1CCCCC1)NC1CCCC1.I. The standard InChI is InChI=1S/C18H32N6.HI/c1-2-17-23-20-14-24(17)13-12-19-18(22-16-10-6-7-11-16)21-15-8-4-3-5-9-15;/h14-16H,2-13H2,1H3,(H2,19,21,22);1H. The molecule has 0 aliphatic heterocycles. The van der Waals surface area contributed by atoms with Gasteiger partial charge in [0.1, 0.15) is 12.2 Å². The third kappa shape index (κ3) is 6.42. The summed E-state index contributed by atoms with van der Waals surface area (Å²) in [6, 6.07) is 1.19. The fraction of sp³-hybridized carbons (Fsp3) is 0.833. The Balaban J connectivity index is 0.00000225. The van der Waals surface area contributed by atoms with E-state index < -0.39 is 0 Å². The van der Waals surface area contributed by atoms with Crippen molar-refractivity contribution in [3.8, 4) is 0 Å². The molecule has 1 aromatic heterocycles. The van der Waals surface area contributed by atoms with E-state index in [-0.39, 0.29) is 24.0 Å². The van der Waals surface area contributed by atoms with Gasteiger partial charge < -0.3 is 15.2 Å². The highest BCUT2D eigenvalue weighted by atomic mass is 127. The molecule has 3 rings (SSSR count). The van der Waals surface area contributed by atoms with Gasteiger partial charge in [0, 0.05) is 25.0 Å². The molecule has 142 valence electrons. The van der Waals surface area contributed by atoms with E-state index in [0.717, 1.165) is 31.3 Å². The third-order valence-electron chi connectivity index (χ3n) is 5.26. The molecule has 2 aliphatic rings. The quantitative estimate of drug-likeness (QED) is 0.389. The first-order chi connectivity index (χ1) is 11.8. The zero-order chi connectivity index (χ0) is 16.6. The van der Waals surface area contributed by atoms with Crippen molar-refractivity contribution in [3.63, 3.8) is 0 Å². The summed E-state index contributed by atoms with van der Waals surface area (Å²) >= 11 is 0. The highest BCUT2D eigenvalue weighted by molar-refractivity contribution is 14.0. The summed E-state index contributed by atoms with van der Waals surface area (Å²) in [7, 11) is 0. The summed E-state index contributed by atoms with van der Waals surface area (Å²) in [5, 5.41) is 15.5. The van der Waals surface area contributed by atoms with Crippen molar-refractivity contribution in [1.29, 1.82) is 0 Å². The highest BCUT2D eigenvalue weighted by Crippen LogP contribution is 2.19. The van der Waals surface area contributed by atoms with Crippen LogP contribution in [0.15, 0.2) is 11.3 Å².